The Kier molecular flexibility index (Phi) is 4.75. The molecule has 32 heavy (non-hydrogen) atoms. The summed E-state index contributed by atoms with van der Waals surface area (Å²) in [5.74, 6) is -2.03. The number of carbonyl (C=O) groups is 2. The number of hydrogen-bond acceptors (Lipinski definition) is 7. The summed E-state index contributed by atoms with van der Waals surface area (Å²) in [6.07, 6.45) is 1.34. The van der Waals surface area contributed by atoms with E-state index in [1.807, 2.05) is 0 Å². The maximum Gasteiger partial charge on any atom is 0.296 e. The lowest BCUT2D eigenvalue weighted by atomic mass is 9.95. The van der Waals surface area contributed by atoms with Crippen LogP contribution in [0.25, 0.3) is 10.2 Å². The van der Waals surface area contributed by atoms with Crippen molar-refractivity contribution in [3.8, 4) is 5.75 Å². The van der Waals surface area contributed by atoms with Gasteiger partial charge in [0.05, 0.1) is 35.2 Å². The molecular weight excluding hydrogens is 435 g/mol. The molecule has 0 bridgehead atoms. The zero-order valence-electron chi connectivity index (χ0n) is 16.6. The number of halogens is 1. The molecule has 1 atom stereocenters. The first-order valence-corrected chi connectivity index (χ1v) is 10.3. The van der Waals surface area contributed by atoms with Gasteiger partial charge in [-0.3, -0.25) is 14.5 Å². The van der Waals surface area contributed by atoms with Gasteiger partial charge in [0.1, 0.15) is 11.6 Å². The topological polar surface area (TPSA) is 92.9 Å². The monoisotopic (exact) mass is 450 g/mol. The van der Waals surface area contributed by atoms with Crippen LogP contribution in [0.15, 0.2) is 76.6 Å². The number of aliphatic hydroxyl groups is 1. The van der Waals surface area contributed by atoms with E-state index < -0.39 is 29.3 Å². The molecule has 1 N–H and O–H groups in total. The standard InChI is InChI=1S/C23H15FN2O5S/c1-30-14-5-2-4-12(10-14)19-18(20(27)16-6-3-9-31-16)21(28)22(29)26(19)23-25-15-8-7-13(24)11-17(15)32-23/h2-11,19,28H,1H3/t19-/m1/s1. The number of aromatic nitrogens is 1. The number of carbonyl (C=O) groups excluding carboxylic acids is 2. The molecule has 0 aliphatic carbocycles. The number of benzene rings is 2. The van der Waals surface area contributed by atoms with E-state index in [0.29, 0.717) is 21.5 Å². The van der Waals surface area contributed by atoms with Gasteiger partial charge in [0, 0.05) is 0 Å². The highest BCUT2D eigenvalue weighted by Crippen LogP contribution is 2.44. The maximum atomic E-state index is 13.7. The van der Waals surface area contributed by atoms with Gasteiger partial charge in [-0.25, -0.2) is 9.37 Å². The van der Waals surface area contributed by atoms with Gasteiger partial charge in [-0.15, -0.1) is 0 Å². The Morgan fingerprint density at radius 1 is 1.22 bits per heavy atom. The Morgan fingerprint density at radius 3 is 2.81 bits per heavy atom. The number of anilines is 1. The molecular formula is C23H15FN2O5S. The molecule has 0 radical (unpaired) electrons. The number of amides is 1. The lowest BCUT2D eigenvalue weighted by Gasteiger charge is -2.24. The van der Waals surface area contributed by atoms with Gasteiger partial charge in [0.15, 0.2) is 16.7 Å². The SMILES string of the molecule is COc1cccc([C@@H]2C(C(=O)c3ccco3)=C(O)C(=O)N2c2nc3ccc(F)cc3s2)c1. The average Bonchev–Trinajstić information content (AvgIpc) is 3.52. The quantitative estimate of drug-likeness (QED) is 0.438. The fourth-order valence-corrected chi connectivity index (χ4v) is 4.71. The zero-order chi connectivity index (χ0) is 22.4. The van der Waals surface area contributed by atoms with Crippen LogP contribution in [0.4, 0.5) is 9.52 Å². The van der Waals surface area contributed by atoms with Crippen LogP contribution in [0, 0.1) is 5.82 Å². The van der Waals surface area contributed by atoms with Crippen LogP contribution in [0.1, 0.15) is 22.2 Å². The minimum Gasteiger partial charge on any atom is -0.503 e. The van der Waals surface area contributed by atoms with E-state index in [4.69, 9.17) is 9.15 Å². The molecule has 0 saturated carbocycles. The van der Waals surface area contributed by atoms with E-state index in [2.05, 4.69) is 4.98 Å². The number of rotatable bonds is 5. The van der Waals surface area contributed by atoms with Crippen LogP contribution in [0.5, 0.6) is 5.75 Å². The highest BCUT2D eigenvalue weighted by atomic mass is 32.1. The van der Waals surface area contributed by atoms with Crippen molar-refractivity contribution in [2.75, 3.05) is 12.0 Å². The molecule has 3 heterocycles. The van der Waals surface area contributed by atoms with Gasteiger partial charge in [-0.05, 0) is 48.0 Å². The molecule has 7 nitrogen and oxygen atoms in total. The minimum absolute atomic E-state index is 0.0135. The molecule has 2 aromatic heterocycles. The van der Waals surface area contributed by atoms with Crippen molar-refractivity contribution >= 4 is 38.4 Å². The first-order valence-electron chi connectivity index (χ1n) is 9.53. The van der Waals surface area contributed by atoms with Crippen molar-refractivity contribution in [3.63, 3.8) is 0 Å². The third kappa shape index (κ3) is 3.14. The van der Waals surface area contributed by atoms with Crippen molar-refractivity contribution < 1.29 is 28.2 Å². The van der Waals surface area contributed by atoms with Gasteiger partial charge < -0.3 is 14.3 Å². The predicted molar refractivity (Wildman–Crippen MR) is 115 cm³/mol. The molecule has 1 aliphatic heterocycles. The first-order chi connectivity index (χ1) is 15.5. The molecule has 1 amide bonds. The summed E-state index contributed by atoms with van der Waals surface area (Å²) in [5.41, 5.74) is 0.889. The summed E-state index contributed by atoms with van der Waals surface area (Å²) in [4.78, 5) is 32.1. The van der Waals surface area contributed by atoms with Gasteiger partial charge in [0.2, 0.25) is 5.78 Å². The van der Waals surface area contributed by atoms with Gasteiger partial charge >= 0.3 is 0 Å². The summed E-state index contributed by atoms with van der Waals surface area (Å²) in [6, 6.07) is 13.0. The van der Waals surface area contributed by atoms with Crippen molar-refractivity contribution in [1.29, 1.82) is 0 Å². The smallest absolute Gasteiger partial charge is 0.296 e. The second-order valence-electron chi connectivity index (χ2n) is 7.03. The Labute approximate surface area is 185 Å². The van der Waals surface area contributed by atoms with E-state index in [0.717, 1.165) is 11.3 Å². The molecule has 160 valence electrons. The minimum atomic E-state index is -0.986. The fourth-order valence-electron chi connectivity index (χ4n) is 3.69. The highest BCUT2D eigenvalue weighted by Gasteiger charge is 2.46. The number of nitrogens with zero attached hydrogens (tertiary/aromatic N) is 2. The normalized spacial score (nSPS) is 16.2. The van der Waals surface area contributed by atoms with Crippen LogP contribution in [-0.4, -0.2) is 28.9 Å². The lowest BCUT2D eigenvalue weighted by molar-refractivity contribution is -0.117. The van der Waals surface area contributed by atoms with Crippen LogP contribution < -0.4 is 9.64 Å². The van der Waals surface area contributed by atoms with E-state index in [1.54, 1.807) is 30.3 Å². The summed E-state index contributed by atoms with van der Waals surface area (Å²) >= 11 is 1.08. The van der Waals surface area contributed by atoms with Crippen LogP contribution in [-0.2, 0) is 4.79 Å². The van der Waals surface area contributed by atoms with Crippen LogP contribution in [0.3, 0.4) is 0 Å². The molecule has 0 saturated heterocycles. The molecule has 5 rings (SSSR count). The number of ketones is 1. The molecule has 4 aromatic rings. The summed E-state index contributed by atoms with van der Waals surface area (Å²) < 4.78 is 24.7. The van der Waals surface area contributed by atoms with Crippen LogP contribution in [0.2, 0.25) is 0 Å². The number of thiazole rings is 1. The fraction of sp³-hybridized carbons (Fsp3) is 0.0870. The van der Waals surface area contributed by atoms with E-state index in [9.17, 15) is 19.1 Å². The van der Waals surface area contributed by atoms with Crippen molar-refractivity contribution in [2.45, 2.75) is 6.04 Å². The van der Waals surface area contributed by atoms with Gasteiger partial charge in [-0.2, -0.15) is 0 Å². The second-order valence-corrected chi connectivity index (χ2v) is 8.04. The Morgan fingerprint density at radius 2 is 2.06 bits per heavy atom. The van der Waals surface area contributed by atoms with E-state index >= 15 is 0 Å². The third-order valence-corrected chi connectivity index (χ3v) is 6.17. The van der Waals surface area contributed by atoms with Gasteiger partial charge in [0.25, 0.3) is 5.91 Å². The van der Waals surface area contributed by atoms with Crippen molar-refractivity contribution in [1.82, 2.24) is 4.98 Å². The number of Topliss-reactive ketones (excluding diaryl/α,β-unsaturated/α-hetero) is 1. The average molecular weight is 450 g/mol. The highest BCUT2D eigenvalue weighted by molar-refractivity contribution is 7.22. The molecule has 9 heteroatoms. The van der Waals surface area contributed by atoms with Crippen molar-refractivity contribution in [3.05, 3.63) is 89.3 Å². The number of hydrogen-bond donors (Lipinski definition) is 1. The predicted octanol–water partition coefficient (Wildman–Crippen LogP) is 4.82. The lowest BCUT2D eigenvalue weighted by Crippen LogP contribution is -2.31. The molecule has 0 fully saturated rings. The third-order valence-electron chi connectivity index (χ3n) is 5.15. The number of aliphatic hydroxyl groups excluding tert-OH is 1. The Hall–Kier alpha value is -3.98. The zero-order valence-corrected chi connectivity index (χ0v) is 17.4. The summed E-state index contributed by atoms with van der Waals surface area (Å²) in [7, 11) is 1.50. The molecule has 2 aromatic carbocycles. The summed E-state index contributed by atoms with van der Waals surface area (Å²) in [5, 5.41) is 11.0. The first kappa shape index (κ1) is 20.0. The van der Waals surface area contributed by atoms with E-state index in [-0.39, 0.29) is 16.5 Å². The Balaban J connectivity index is 1.69. The summed E-state index contributed by atoms with van der Waals surface area (Å²) in [6.45, 7) is 0. The number of methoxy groups -OCH3 is 1. The second kappa shape index (κ2) is 7.61. The molecule has 0 spiro atoms. The van der Waals surface area contributed by atoms with Gasteiger partial charge in [-0.1, -0.05) is 23.5 Å². The largest absolute Gasteiger partial charge is 0.503 e. The Bertz CT molecular complexity index is 1390. The molecule has 1 aliphatic rings. The number of furan rings is 1. The van der Waals surface area contributed by atoms with Crippen LogP contribution >= 0.6 is 11.3 Å². The van der Waals surface area contributed by atoms with E-state index in [1.165, 1.54) is 42.5 Å². The number of ether oxygens (including phenoxy) is 1. The maximum absolute atomic E-state index is 13.7. The number of fused-ring (bicyclic) bond motifs is 1. The van der Waals surface area contributed by atoms with Crippen molar-refractivity contribution in [2.24, 2.45) is 0 Å². The molecule has 0 unspecified atom stereocenters.